The van der Waals surface area contributed by atoms with Crippen LogP contribution in [0.25, 0.3) is 0 Å². The predicted molar refractivity (Wildman–Crippen MR) is 93.8 cm³/mol. The summed E-state index contributed by atoms with van der Waals surface area (Å²) in [5, 5.41) is 8.43. The molecule has 0 amide bonds. The monoisotopic (exact) mass is 330 g/mol. The molecule has 6 nitrogen and oxygen atoms in total. The fraction of sp³-hybridized carbons (Fsp3) is 0.222. The van der Waals surface area contributed by atoms with Crippen molar-refractivity contribution in [1.29, 1.82) is 0 Å². The summed E-state index contributed by atoms with van der Waals surface area (Å²) in [6.07, 6.45) is 0. The lowest BCUT2D eigenvalue weighted by atomic mass is 10.2. The number of esters is 1. The van der Waals surface area contributed by atoms with Gasteiger partial charge in [-0.3, -0.25) is 0 Å². The Labute approximate surface area is 141 Å². The topological polar surface area (TPSA) is 116 Å². The maximum absolute atomic E-state index is 11.4. The number of hydrogen-bond donors (Lipinski definition) is 3. The maximum Gasteiger partial charge on any atom is 0.338 e. The van der Waals surface area contributed by atoms with Gasteiger partial charge >= 0.3 is 11.9 Å². The molecule has 0 fully saturated rings. The van der Waals surface area contributed by atoms with E-state index in [1.807, 2.05) is 13.8 Å². The molecule has 24 heavy (non-hydrogen) atoms. The van der Waals surface area contributed by atoms with Crippen LogP contribution >= 0.6 is 0 Å². The van der Waals surface area contributed by atoms with Crippen LogP contribution in [-0.2, 0) is 4.74 Å². The predicted octanol–water partition coefficient (Wildman–Crippen LogP) is 3.05. The van der Waals surface area contributed by atoms with Gasteiger partial charge in [-0.2, -0.15) is 0 Å². The zero-order valence-electron chi connectivity index (χ0n) is 13.7. The van der Waals surface area contributed by atoms with Crippen molar-refractivity contribution in [2.75, 3.05) is 18.1 Å². The molecule has 128 valence electrons. The molecular weight excluding hydrogens is 308 g/mol. The lowest BCUT2D eigenvalue weighted by Gasteiger charge is -2.06. The number of carboxylic acid groups (broad SMARTS) is 1. The van der Waals surface area contributed by atoms with E-state index in [9.17, 15) is 9.59 Å². The van der Waals surface area contributed by atoms with Crippen molar-refractivity contribution in [3.05, 3.63) is 59.7 Å². The number of aromatic carboxylic acids is 1. The zero-order chi connectivity index (χ0) is 18.1. The van der Waals surface area contributed by atoms with Gasteiger partial charge in [-0.15, -0.1) is 0 Å². The molecule has 0 radical (unpaired) electrons. The van der Waals surface area contributed by atoms with Crippen molar-refractivity contribution in [3.63, 3.8) is 0 Å². The SMILES string of the molecule is CC(C)COC(=O)c1ccc(N)cc1.Nc1ccc(C(=O)O)cc1. The Balaban J connectivity index is 0.000000254. The van der Waals surface area contributed by atoms with Crippen molar-refractivity contribution >= 4 is 23.3 Å². The zero-order valence-corrected chi connectivity index (χ0v) is 13.7. The molecule has 0 aromatic heterocycles. The first-order valence-electron chi connectivity index (χ1n) is 7.41. The number of carboxylic acids is 1. The Morgan fingerprint density at radius 2 is 1.33 bits per heavy atom. The van der Waals surface area contributed by atoms with E-state index in [1.54, 1.807) is 36.4 Å². The first-order valence-corrected chi connectivity index (χ1v) is 7.41. The van der Waals surface area contributed by atoms with Crippen LogP contribution < -0.4 is 11.5 Å². The van der Waals surface area contributed by atoms with E-state index in [0.717, 1.165) is 0 Å². The lowest BCUT2D eigenvalue weighted by molar-refractivity contribution is 0.0458. The maximum atomic E-state index is 11.4. The van der Waals surface area contributed by atoms with Crippen LogP contribution in [0.5, 0.6) is 0 Å². The summed E-state index contributed by atoms with van der Waals surface area (Å²) in [6, 6.07) is 12.8. The average Bonchev–Trinajstić information content (AvgIpc) is 2.54. The van der Waals surface area contributed by atoms with Crippen LogP contribution in [0.4, 0.5) is 11.4 Å². The van der Waals surface area contributed by atoms with Gasteiger partial charge in [-0.1, -0.05) is 13.8 Å². The van der Waals surface area contributed by atoms with Crippen LogP contribution in [0.3, 0.4) is 0 Å². The molecule has 0 aliphatic rings. The molecular formula is C18H22N2O4. The van der Waals surface area contributed by atoms with Crippen molar-refractivity contribution in [2.45, 2.75) is 13.8 Å². The molecule has 2 rings (SSSR count). The van der Waals surface area contributed by atoms with E-state index in [-0.39, 0.29) is 11.5 Å². The molecule has 0 aliphatic heterocycles. The summed E-state index contributed by atoms with van der Waals surface area (Å²) in [4.78, 5) is 21.7. The number of benzene rings is 2. The van der Waals surface area contributed by atoms with Crippen LogP contribution in [0.15, 0.2) is 48.5 Å². The average molecular weight is 330 g/mol. The highest BCUT2D eigenvalue weighted by Crippen LogP contribution is 2.07. The Kier molecular flexibility index (Phi) is 7.29. The van der Waals surface area contributed by atoms with E-state index >= 15 is 0 Å². The van der Waals surface area contributed by atoms with E-state index in [2.05, 4.69) is 0 Å². The van der Waals surface area contributed by atoms with Crippen LogP contribution in [0, 0.1) is 5.92 Å². The number of hydrogen-bond acceptors (Lipinski definition) is 5. The van der Waals surface area contributed by atoms with Crippen LogP contribution in [-0.4, -0.2) is 23.7 Å². The summed E-state index contributed by atoms with van der Waals surface area (Å²) in [5.74, 6) is -0.869. The summed E-state index contributed by atoms with van der Waals surface area (Å²) in [6.45, 7) is 4.44. The minimum absolute atomic E-state index is 0.259. The Hall–Kier alpha value is -3.02. The highest BCUT2D eigenvalue weighted by molar-refractivity contribution is 5.89. The molecule has 2 aromatic rings. The lowest BCUT2D eigenvalue weighted by Crippen LogP contribution is -2.10. The molecule has 0 saturated heterocycles. The molecule has 2 aromatic carbocycles. The summed E-state index contributed by atoms with van der Waals surface area (Å²) < 4.78 is 5.05. The summed E-state index contributed by atoms with van der Waals surface area (Å²) in [5.41, 5.74) is 12.8. The van der Waals surface area contributed by atoms with Crippen LogP contribution in [0.2, 0.25) is 0 Å². The molecule has 6 heteroatoms. The molecule has 0 heterocycles. The second kappa shape index (κ2) is 9.19. The van der Waals surface area contributed by atoms with E-state index in [4.69, 9.17) is 21.3 Å². The second-order valence-corrected chi connectivity index (χ2v) is 5.54. The second-order valence-electron chi connectivity index (χ2n) is 5.54. The van der Waals surface area contributed by atoms with E-state index in [0.29, 0.717) is 29.5 Å². The smallest absolute Gasteiger partial charge is 0.338 e. The Morgan fingerprint density at radius 1 is 0.917 bits per heavy atom. The van der Waals surface area contributed by atoms with Gasteiger partial charge in [0.2, 0.25) is 0 Å². The largest absolute Gasteiger partial charge is 0.478 e. The highest BCUT2D eigenvalue weighted by Gasteiger charge is 2.06. The Morgan fingerprint density at radius 3 is 1.71 bits per heavy atom. The quantitative estimate of drug-likeness (QED) is 0.586. The summed E-state index contributed by atoms with van der Waals surface area (Å²) in [7, 11) is 0. The third kappa shape index (κ3) is 6.83. The molecule has 0 saturated carbocycles. The third-order valence-corrected chi connectivity index (χ3v) is 2.85. The van der Waals surface area contributed by atoms with Gasteiger partial charge in [0.1, 0.15) is 0 Å². The van der Waals surface area contributed by atoms with E-state index in [1.165, 1.54) is 12.1 Å². The van der Waals surface area contributed by atoms with Gasteiger partial charge in [-0.05, 0) is 54.4 Å². The van der Waals surface area contributed by atoms with Gasteiger partial charge in [0, 0.05) is 11.4 Å². The number of ether oxygens (including phenoxy) is 1. The molecule has 0 bridgehead atoms. The highest BCUT2D eigenvalue weighted by atomic mass is 16.5. The van der Waals surface area contributed by atoms with Gasteiger partial charge in [0.05, 0.1) is 17.7 Å². The van der Waals surface area contributed by atoms with Crippen molar-refractivity contribution in [3.8, 4) is 0 Å². The number of rotatable bonds is 4. The first-order chi connectivity index (χ1) is 11.3. The normalized spacial score (nSPS) is 9.79. The fourth-order valence-corrected chi connectivity index (χ4v) is 1.57. The fourth-order valence-electron chi connectivity index (χ4n) is 1.57. The molecule has 0 aliphatic carbocycles. The number of anilines is 2. The summed E-state index contributed by atoms with van der Waals surface area (Å²) >= 11 is 0. The molecule has 0 atom stereocenters. The minimum Gasteiger partial charge on any atom is -0.478 e. The van der Waals surface area contributed by atoms with Crippen molar-refractivity contribution in [2.24, 2.45) is 5.92 Å². The number of nitrogens with two attached hydrogens (primary N) is 2. The molecule has 0 unspecified atom stereocenters. The van der Waals surface area contributed by atoms with Crippen molar-refractivity contribution in [1.82, 2.24) is 0 Å². The third-order valence-electron chi connectivity index (χ3n) is 2.85. The van der Waals surface area contributed by atoms with Crippen LogP contribution in [0.1, 0.15) is 34.6 Å². The van der Waals surface area contributed by atoms with Gasteiger partial charge in [-0.25, -0.2) is 9.59 Å². The Bertz CT molecular complexity index is 664. The van der Waals surface area contributed by atoms with Crippen molar-refractivity contribution < 1.29 is 19.4 Å². The number of carbonyl (C=O) groups is 2. The van der Waals surface area contributed by atoms with Gasteiger partial charge in [0.15, 0.2) is 0 Å². The molecule has 5 N–H and O–H groups in total. The minimum atomic E-state index is -0.931. The van der Waals surface area contributed by atoms with E-state index < -0.39 is 5.97 Å². The number of carbonyl (C=O) groups excluding carboxylic acids is 1. The first kappa shape index (κ1) is 19.0. The molecule has 0 spiro atoms. The standard InChI is InChI=1S/C11H15NO2.C7H7NO2/c1-8(2)7-14-11(13)9-3-5-10(12)6-4-9;8-6-3-1-5(2-4-6)7(9)10/h3-6,8H,7,12H2,1-2H3;1-4H,8H2,(H,9,10). The number of nitrogen functional groups attached to an aromatic ring is 2. The van der Waals surface area contributed by atoms with Gasteiger partial charge in [0.25, 0.3) is 0 Å². The van der Waals surface area contributed by atoms with Gasteiger partial charge < -0.3 is 21.3 Å².